The van der Waals surface area contributed by atoms with Gasteiger partial charge in [-0.15, -0.1) is 11.3 Å². The van der Waals surface area contributed by atoms with Crippen LogP contribution in [0.2, 0.25) is 0 Å². The summed E-state index contributed by atoms with van der Waals surface area (Å²) in [6.07, 6.45) is 4.27. The van der Waals surface area contributed by atoms with Crippen molar-refractivity contribution in [2.24, 2.45) is 0 Å². The first-order valence-corrected chi connectivity index (χ1v) is 13.0. The van der Waals surface area contributed by atoms with Crippen LogP contribution in [0.15, 0.2) is 69.8 Å². The second-order valence-electron chi connectivity index (χ2n) is 7.76. The van der Waals surface area contributed by atoms with E-state index in [9.17, 15) is 4.79 Å². The summed E-state index contributed by atoms with van der Waals surface area (Å²) in [6.45, 7) is 5.61. The van der Waals surface area contributed by atoms with Gasteiger partial charge in [0.15, 0.2) is 12.7 Å². The van der Waals surface area contributed by atoms with E-state index >= 15 is 0 Å². The van der Waals surface area contributed by atoms with E-state index in [1.54, 1.807) is 34.4 Å². The Bertz CT molecular complexity index is 1460. The first-order chi connectivity index (χ1) is 15.5. The van der Waals surface area contributed by atoms with E-state index in [1.165, 1.54) is 21.7 Å². The Labute approximate surface area is 199 Å². The van der Waals surface area contributed by atoms with E-state index in [0.29, 0.717) is 6.54 Å². The van der Waals surface area contributed by atoms with Crippen LogP contribution >= 0.6 is 34.4 Å². The first kappa shape index (κ1) is 21.2. The standard InChI is InChI=1S/C25H24N3OS3/c1-4-28-22(15-21-27(12-13-30-21)16-18-8-6-5-7-9-18)32-23(24(28)29)25-26(3)19-14-17(2)10-11-20(19)31-25/h5-15H,4,16H2,1-3H3/q+1. The van der Waals surface area contributed by atoms with Gasteiger partial charge in [-0.25, -0.2) is 0 Å². The Hall–Kier alpha value is -2.61. The monoisotopic (exact) mass is 478 g/mol. The minimum atomic E-state index is 0.0915. The Morgan fingerprint density at radius 2 is 1.94 bits per heavy atom. The first-order valence-electron chi connectivity index (χ1n) is 10.5. The fourth-order valence-electron chi connectivity index (χ4n) is 3.87. The van der Waals surface area contributed by atoms with Crippen LogP contribution in [-0.4, -0.2) is 11.6 Å². The van der Waals surface area contributed by atoms with Gasteiger partial charge in [-0.2, -0.15) is 4.57 Å². The van der Waals surface area contributed by atoms with Gasteiger partial charge in [0.25, 0.3) is 10.6 Å². The second-order valence-corrected chi connectivity index (χ2v) is 10.7. The molecule has 162 valence electrons. The third-order valence-electron chi connectivity index (χ3n) is 5.56. The van der Waals surface area contributed by atoms with Crippen LogP contribution < -0.4 is 24.2 Å². The highest BCUT2D eigenvalue weighted by Gasteiger charge is 2.25. The Morgan fingerprint density at radius 3 is 2.72 bits per heavy atom. The topological polar surface area (TPSA) is 29.1 Å². The second kappa shape index (κ2) is 8.73. The largest absolute Gasteiger partial charge is 0.337 e. The lowest BCUT2D eigenvalue weighted by atomic mass is 10.2. The quantitative estimate of drug-likeness (QED) is 0.418. The minimum absolute atomic E-state index is 0.0915. The molecule has 0 bridgehead atoms. The summed E-state index contributed by atoms with van der Waals surface area (Å²) < 4.78 is 5.94. The van der Waals surface area contributed by atoms with Crippen molar-refractivity contribution < 1.29 is 4.57 Å². The van der Waals surface area contributed by atoms with Gasteiger partial charge in [0.1, 0.15) is 14.2 Å². The summed E-state index contributed by atoms with van der Waals surface area (Å²) >= 11 is 4.98. The molecule has 0 saturated heterocycles. The van der Waals surface area contributed by atoms with Crippen LogP contribution in [0.3, 0.4) is 0 Å². The number of rotatable bonds is 4. The van der Waals surface area contributed by atoms with Gasteiger partial charge in [0, 0.05) is 24.1 Å². The summed E-state index contributed by atoms with van der Waals surface area (Å²) in [4.78, 5) is 16.7. The number of hydrogen-bond donors (Lipinski definition) is 0. The van der Waals surface area contributed by atoms with Gasteiger partial charge in [-0.3, -0.25) is 9.36 Å². The molecule has 0 radical (unpaired) electrons. The lowest BCUT2D eigenvalue weighted by Gasteiger charge is -2.12. The molecule has 4 aromatic rings. The molecule has 5 rings (SSSR count). The van der Waals surface area contributed by atoms with Crippen LogP contribution in [-0.2, 0) is 13.1 Å². The Kier molecular flexibility index (Phi) is 5.80. The van der Waals surface area contributed by atoms with Gasteiger partial charge in [-0.05, 0) is 31.5 Å². The van der Waals surface area contributed by atoms with Gasteiger partial charge in [0.05, 0.1) is 17.1 Å². The van der Waals surface area contributed by atoms with E-state index in [-0.39, 0.29) is 5.56 Å². The predicted molar refractivity (Wildman–Crippen MR) is 136 cm³/mol. The zero-order valence-corrected chi connectivity index (χ0v) is 20.7. The van der Waals surface area contributed by atoms with Gasteiger partial charge >= 0.3 is 0 Å². The summed E-state index contributed by atoms with van der Waals surface area (Å²) in [5, 5.41) is 4.26. The molecule has 0 fully saturated rings. The number of nitrogens with zero attached hydrogens (tertiary/aromatic N) is 3. The maximum atomic E-state index is 13.4. The number of hydrogen-bond acceptors (Lipinski definition) is 5. The lowest BCUT2D eigenvalue weighted by Crippen LogP contribution is -2.36. The highest BCUT2D eigenvalue weighted by Crippen LogP contribution is 2.45. The van der Waals surface area contributed by atoms with E-state index < -0.39 is 0 Å². The summed E-state index contributed by atoms with van der Waals surface area (Å²) in [5.41, 5.74) is 3.75. The maximum absolute atomic E-state index is 13.4. The zero-order valence-electron chi connectivity index (χ0n) is 18.2. The molecule has 0 N–H and O–H groups in total. The molecule has 32 heavy (non-hydrogen) atoms. The van der Waals surface area contributed by atoms with Crippen LogP contribution in [0.25, 0.3) is 11.1 Å². The third kappa shape index (κ3) is 3.85. The number of anilines is 1. The Balaban J connectivity index is 1.61. The number of benzene rings is 2. The van der Waals surface area contributed by atoms with E-state index in [2.05, 4.69) is 83.6 Å². The number of aryl methyl sites for hydroxylation is 1. The molecular weight excluding hydrogens is 454 g/mol. The molecule has 3 heterocycles. The van der Waals surface area contributed by atoms with E-state index in [1.807, 2.05) is 17.6 Å². The SMILES string of the molecule is CCn1c(=Cc2scc[n+]2Cc2ccccc2)sc(=C2Sc3ccc(C)cc3N2C)c1=O. The summed E-state index contributed by atoms with van der Waals surface area (Å²) in [7, 11) is 2.06. The van der Waals surface area contributed by atoms with Crippen molar-refractivity contribution >= 4 is 51.2 Å². The van der Waals surface area contributed by atoms with E-state index in [4.69, 9.17) is 0 Å². The van der Waals surface area contributed by atoms with Crippen LogP contribution in [0, 0.1) is 6.92 Å². The van der Waals surface area contributed by atoms with Crippen LogP contribution in [0.5, 0.6) is 0 Å². The molecule has 1 aliphatic rings. The number of thiazole rings is 2. The fraction of sp³-hybridized carbons (Fsp3) is 0.200. The molecule has 2 aromatic carbocycles. The van der Waals surface area contributed by atoms with Crippen molar-refractivity contribution in [3.63, 3.8) is 0 Å². The average molecular weight is 479 g/mol. The average Bonchev–Trinajstić information content (AvgIpc) is 3.45. The highest BCUT2D eigenvalue weighted by atomic mass is 32.2. The molecule has 2 aromatic heterocycles. The van der Waals surface area contributed by atoms with Crippen molar-refractivity contribution in [2.75, 3.05) is 11.9 Å². The molecule has 0 spiro atoms. The van der Waals surface area contributed by atoms with Gasteiger partial charge < -0.3 is 4.90 Å². The summed E-state index contributed by atoms with van der Waals surface area (Å²) in [5.74, 6) is 0. The van der Waals surface area contributed by atoms with E-state index in [0.717, 1.165) is 25.8 Å². The highest BCUT2D eigenvalue weighted by molar-refractivity contribution is 8.08. The van der Waals surface area contributed by atoms with Crippen molar-refractivity contribution in [3.05, 3.63) is 95.8 Å². The van der Waals surface area contributed by atoms with Crippen molar-refractivity contribution in [2.45, 2.75) is 31.8 Å². The molecule has 0 atom stereocenters. The Morgan fingerprint density at radius 1 is 1.12 bits per heavy atom. The van der Waals surface area contributed by atoms with Crippen molar-refractivity contribution in [1.82, 2.24) is 4.57 Å². The van der Waals surface area contributed by atoms with Crippen molar-refractivity contribution in [1.29, 1.82) is 0 Å². The number of fused-ring (bicyclic) bond motifs is 1. The van der Waals surface area contributed by atoms with Gasteiger partial charge in [0.2, 0.25) is 0 Å². The molecule has 7 heteroatoms. The normalized spacial score (nSPS) is 15.5. The molecule has 0 unspecified atom stereocenters. The summed E-state index contributed by atoms with van der Waals surface area (Å²) in [6, 6.07) is 16.9. The predicted octanol–water partition coefficient (Wildman–Crippen LogP) is 3.77. The van der Waals surface area contributed by atoms with Crippen molar-refractivity contribution in [3.8, 4) is 0 Å². The molecular formula is C25H24N3OS3+. The fourth-order valence-corrected chi connectivity index (χ4v) is 7.17. The van der Waals surface area contributed by atoms with Crippen LogP contribution in [0.1, 0.15) is 23.1 Å². The lowest BCUT2D eigenvalue weighted by molar-refractivity contribution is -0.685. The maximum Gasteiger partial charge on any atom is 0.271 e. The van der Waals surface area contributed by atoms with Gasteiger partial charge in [-0.1, -0.05) is 59.5 Å². The number of thioether (sulfide) groups is 1. The molecule has 0 aliphatic carbocycles. The molecule has 0 saturated carbocycles. The molecule has 0 amide bonds. The molecule has 1 aliphatic heterocycles. The van der Waals surface area contributed by atoms with Crippen LogP contribution in [0.4, 0.5) is 5.69 Å². The zero-order chi connectivity index (χ0) is 22.2. The smallest absolute Gasteiger partial charge is 0.271 e. The number of aromatic nitrogens is 2. The minimum Gasteiger partial charge on any atom is -0.337 e. The molecule has 4 nitrogen and oxygen atoms in total. The third-order valence-corrected chi connectivity index (χ3v) is 8.90.